The van der Waals surface area contributed by atoms with Crippen molar-refractivity contribution in [3.8, 4) is 6.07 Å². The maximum atomic E-state index is 13.2. The molecule has 0 atom stereocenters. The number of hydrogen-bond acceptors (Lipinski definition) is 9. The molecule has 1 aliphatic carbocycles. The van der Waals surface area contributed by atoms with Crippen molar-refractivity contribution in [3.63, 3.8) is 0 Å². The molecule has 0 radical (unpaired) electrons. The van der Waals surface area contributed by atoms with E-state index in [0.29, 0.717) is 74.8 Å². The third kappa shape index (κ3) is 6.61. The normalized spacial score (nSPS) is 16.7. The summed E-state index contributed by atoms with van der Waals surface area (Å²) in [6.07, 6.45) is 7.15. The van der Waals surface area contributed by atoms with Crippen LogP contribution in [0.3, 0.4) is 0 Å². The van der Waals surface area contributed by atoms with Crippen molar-refractivity contribution in [1.82, 2.24) is 20.2 Å². The number of carbonyl (C=O) groups excluding carboxylic acids is 3. The number of oxazole rings is 1. The second kappa shape index (κ2) is 12.5. The minimum atomic E-state index is -0.398. The summed E-state index contributed by atoms with van der Waals surface area (Å²) in [5.41, 5.74) is 2.47. The summed E-state index contributed by atoms with van der Waals surface area (Å²) in [6, 6.07) is 11.0. The van der Waals surface area contributed by atoms with E-state index in [1.165, 1.54) is 6.26 Å². The van der Waals surface area contributed by atoms with Crippen LogP contribution in [-0.4, -0.2) is 78.4 Å². The van der Waals surface area contributed by atoms with Crippen LogP contribution in [0.1, 0.15) is 70.3 Å². The lowest BCUT2D eigenvalue weighted by atomic mass is 10.1. The number of hydrogen-bond donors (Lipinski definition) is 2. The molecule has 3 aliphatic rings. The van der Waals surface area contributed by atoms with Crippen LogP contribution in [0.25, 0.3) is 0 Å². The number of amides is 3. The molecule has 3 amide bonds. The molecule has 1 aromatic carbocycles. The molecule has 1 saturated carbocycles. The molecule has 4 heterocycles. The summed E-state index contributed by atoms with van der Waals surface area (Å²) >= 11 is 0. The fraction of sp³-hybridized carbons (Fsp3) is 0.419. The zero-order chi connectivity index (χ0) is 29.8. The zero-order valence-corrected chi connectivity index (χ0v) is 23.9. The molecule has 12 heteroatoms. The summed E-state index contributed by atoms with van der Waals surface area (Å²) in [6.45, 7) is 4.58. The minimum Gasteiger partial charge on any atom is -0.448 e. The Morgan fingerprint density at radius 3 is 2.56 bits per heavy atom. The molecule has 2 aliphatic heterocycles. The van der Waals surface area contributed by atoms with Crippen LogP contribution >= 0.6 is 0 Å². The molecule has 3 aromatic rings. The molecule has 2 saturated heterocycles. The van der Waals surface area contributed by atoms with E-state index in [4.69, 9.17) is 9.68 Å². The van der Waals surface area contributed by atoms with E-state index >= 15 is 0 Å². The zero-order valence-electron chi connectivity index (χ0n) is 23.9. The SMILES string of the molecule is N#Cc1ccc(N2CCN(c3ccc(C(=O)NCCCN4CCCC4=O)cc3NC(=O)c3coc(C4CC4)n3)CC2)nc1. The van der Waals surface area contributed by atoms with Crippen LogP contribution in [0.5, 0.6) is 0 Å². The first kappa shape index (κ1) is 28.2. The maximum Gasteiger partial charge on any atom is 0.277 e. The van der Waals surface area contributed by atoms with Crippen molar-refractivity contribution < 1.29 is 18.8 Å². The Labute approximate surface area is 249 Å². The van der Waals surface area contributed by atoms with Crippen LogP contribution in [0, 0.1) is 11.3 Å². The first-order valence-corrected chi connectivity index (χ1v) is 14.8. The number of carbonyl (C=O) groups is 3. The Hall–Kier alpha value is -4.92. The van der Waals surface area contributed by atoms with Crippen LogP contribution in [0.4, 0.5) is 17.2 Å². The number of rotatable bonds is 10. The number of likely N-dealkylation sites (tertiary alicyclic amines) is 1. The lowest BCUT2D eigenvalue weighted by Crippen LogP contribution is -2.47. The number of nitriles is 1. The Kier molecular flexibility index (Phi) is 8.22. The molecular weight excluding hydrogens is 548 g/mol. The Bertz CT molecular complexity index is 1530. The molecule has 12 nitrogen and oxygen atoms in total. The molecule has 0 spiro atoms. The molecule has 3 fully saturated rings. The van der Waals surface area contributed by atoms with E-state index in [-0.39, 0.29) is 23.4 Å². The second-order valence-electron chi connectivity index (χ2n) is 11.1. The van der Waals surface area contributed by atoms with Crippen molar-refractivity contribution in [2.24, 2.45) is 0 Å². The Morgan fingerprint density at radius 2 is 1.86 bits per heavy atom. The van der Waals surface area contributed by atoms with Gasteiger partial charge in [0, 0.05) is 69.9 Å². The number of benzene rings is 1. The van der Waals surface area contributed by atoms with Crippen LogP contribution in [-0.2, 0) is 4.79 Å². The Morgan fingerprint density at radius 1 is 1.05 bits per heavy atom. The van der Waals surface area contributed by atoms with Gasteiger partial charge in [-0.05, 0) is 56.0 Å². The van der Waals surface area contributed by atoms with Gasteiger partial charge in [0.1, 0.15) is 18.2 Å². The van der Waals surface area contributed by atoms with Gasteiger partial charge >= 0.3 is 0 Å². The molecule has 222 valence electrons. The molecule has 0 bridgehead atoms. The minimum absolute atomic E-state index is 0.174. The van der Waals surface area contributed by atoms with E-state index in [2.05, 4.69) is 36.5 Å². The highest BCUT2D eigenvalue weighted by Crippen LogP contribution is 2.39. The topological polar surface area (TPSA) is 148 Å². The lowest BCUT2D eigenvalue weighted by Gasteiger charge is -2.37. The second-order valence-corrected chi connectivity index (χ2v) is 11.1. The van der Waals surface area contributed by atoms with E-state index in [0.717, 1.165) is 37.3 Å². The van der Waals surface area contributed by atoms with Crippen LogP contribution in [0.15, 0.2) is 47.2 Å². The summed E-state index contributed by atoms with van der Waals surface area (Å²) in [5, 5.41) is 15.0. The number of pyridine rings is 1. The van der Waals surface area contributed by atoms with Crippen molar-refractivity contribution in [2.75, 3.05) is 60.9 Å². The monoisotopic (exact) mass is 582 g/mol. The highest BCUT2D eigenvalue weighted by atomic mass is 16.3. The summed E-state index contributed by atoms with van der Waals surface area (Å²) in [4.78, 5) is 53.1. The molecule has 6 rings (SSSR count). The number of piperazine rings is 1. The summed E-state index contributed by atoms with van der Waals surface area (Å²) in [7, 11) is 0. The number of nitrogens with zero attached hydrogens (tertiary/aromatic N) is 6. The molecular formula is C31H34N8O4. The fourth-order valence-corrected chi connectivity index (χ4v) is 5.48. The predicted molar refractivity (Wildman–Crippen MR) is 159 cm³/mol. The smallest absolute Gasteiger partial charge is 0.277 e. The van der Waals surface area contributed by atoms with E-state index in [1.54, 1.807) is 24.4 Å². The van der Waals surface area contributed by atoms with Gasteiger partial charge in [0.25, 0.3) is 11.8 Å². The van der Waals surface area contributed by atoms with Gasteiger partial charge in [0.15, 0.2) is 11.6 Å². The highest BCUT2D eigenvalue weighted by molar-refractivity contribution is 6.06. The largest absolute Gasteiger partial charge is 0.448 e. The maximum absolute atomic E-state index is 13.2. The van der Waals surface area contributed by atoms with Gasteiger partial charge in [-0.15, -0.1) is 0 Å². The number of aromatic nitrogens is 2. The lowest BCUT2D eigenvalue weighted by molar-refractivity contribution is -0.127. The fourth-order valence-electron chi connectivity index (χ4n) is 5.48. The van der Waals surface area contributed by atoms with Crippen LogP contribution in [0.2, 0.25) is 0 Å². The van der Waals surface area contributed by atoms with Gasteiger partial charge in [-0.2, -0.15) is 5.26 Å². The standard InChI is InChI=1S/C31H34N8O4/c32-18-21-4-9-27(34-19-21)38-15-13-37(14-16-38)26-8-7-23(29(41)33-10-2-12-39-11-1-3-28(39)40)17-24(26)35-30(42)25-20-43-31(36-25)22-5-6-22/h4,7-9,17,19-20,22H,1-3,5-6,10-16H2,(H,33,41)(H,35,42). The van der Waals surface area contributed by atoms with Crippen LogP contribution < -0.4 is 20.4 Å². The average molecular weight is 583 g/mol. The predicted octanol–water partition coefficient (Wildman–Crippen LogP) is 3.14. The third-order valence-electron chi connectivity index (χ3n) is 8.07. The van der Waals surface area contributed by atoms with E-state index < -0.39 is 5.91 Å². The van der Waals surface area contributed by atoms with Gasteiger partial charge in [0.05, 0.1) is 16.9 Å². The third-order valence-corrected chi connectivity index (χ3v) is 8.07. The van der Waals surface area contributed by atoms with Gasteiger partial charge in [0.2, 0.25) is 5.91 Å². The summed E-state index contributed by atoms with van der Waals surface area (Å²) in [5.74, 6) is 1.21. The quantitative estimate of drug-likeness (QED) is 0.344. The number of anilines is 3. The van der Waals surface area contributed by atoms with Crippen molar-refractivity contribution in [2.45, 2.75) is 38.0 Å². The first-order chi connectivity index (χ1) is 21.0. The summed E-state index contributed by atoms with van der Waals surface area (Å²) < 4.78 is 5.52. The average Bonchev–Trinajstić information content (AvgIpc) is 3.62. The molecule has 0 unspecified atom stereocenters. The molecule has 2 N–H and O–H groups in total. The number of nitrogens with one attached hydrogen (secondary N) is 2. The van der Waals surface area contributed by atoms with Crippen molar-refractivity contribution >= 4 is 34.9 Å². The first-order valence-electron chi connectivity index (χ1n) is 14.8. The van der Waals surface area contributed by atoms with E-state index in [9.17, 15) is 14.4 Å². The molecule has 2 aromatic heterocycles. The molecule has 43 heavy (non-hydrogen) atoms. The van der Waals surface area contributed by atoms with Gasteiger partial charge in [-0.3, -0.25) is 14.4 Å². The Balaban J connectivity index is 1.14. The van der Waals surface area contributed by atoms with Crippen molar-refractivity contribution in [3.05, 3.63) is 65.5 Å². The van der Waals surface area contributed by atoms with Crippen molar-refractivity contribution in [1.29, 1.82) is 5.26 Å². The van der Waals surface area contributed by atoms with Gasteiger partial charge < -0.3 is 29.8 Å². The van der Waals surface area contributed by atoms with Gasteiger partial charge in [-0.1, -0.05) is 0 Å². The highest BCUT2D eigenvalue weighted by Gasteiger charge is 2.30. The van der Waals surface area contributed by atoms with Gasteiger partial charge in [-0.25, -0.2) is 9.97 Å². The van der Waals surface area contributed by atoms with E-state index in [1.807, 2.05) is 17.0 Å².